The Labute approximate surface area is 233 Å². The molecule has 0 heterocycles. The van der Waals surface area contributed by atoms with Crippen LogP contribution >= 0.6 is 0 Å². The van der Waals surface area contributed by atoms with Gasteiger partial charge in [-0.25, -0.2) is 16.8 Å². The maximum atomic E-state index is 11.2. The number of hydrogen-bond donors (Lipinski definition) is 3. The summed E-state index contributed by atoms with van der Waals surface area (Å²) in [6, 6.07) is 13.4. The average Bonchev–Trinajstić information content (AvgIpc) is 2.67. The largest absolute Gasteiger partial charge is 1.00 e. The molecule has 0 aliphatic carbocycles. The Hall–Kier alpha value is -1.38. The quantitative estimate of drug-likeness (QED) is 0.193. The van der Waals surface area contributed by atoms with Gasteiger partial charge in [-0.05, 0) is 59.3 Å². The number of anilines is 2. The molecule has 0 atom stereocenters. The number of phenolic OH excluding ortho intramolecular Hbond substituents is 2. The maximum Gasteiger partial charge on any atom is 1.00 e. The van der Waals surface area contributed by atoms with Crippen molar-refractivity contribution >= 4 is 53.2 Å². The second-order valence-corrected chi connectivity index (χ2v) is 9.55. The summed E-state index contributed by atoms with van der Waals surface area (Å²) in [5, 5.41) is 24.6. The Morgan fingerprint density at radius 3 is 1.30 bits per heavy atom. The number of rotatable bonds is 4. The van der Waals surface area contributed by atoms with Crippen LogP contribution in [0.1, 0.15) is 0 Å². The van der Waals surface area contributed by atoms with Crippen molar-refractivity contribution in [2.24, 2.45) is 0 Å². The predicted octanol–water partition coefficient (Wildman–Crippen LogP) is -3.04. The molecule has 4 rings (SSSR count). The maximum absolute atomic E-state index is 11.2. The molecule has 0 radical (unpaired) electrons. The second kappa shape index (κ2) is 10.1. The fourth-order valence-electron chi connectivity index (χ4n) is 3.23. The molecular weight excluding hydrogens is 492 g/mol. The van der Waals surface area contributed by atoms with Gasteiger partial charge in [0.05, 0.1) is 9.79 Å². The molecule has 0 bridgehead atoms. The van der Waals surface area contributed by atoms with Crippen molar-refractivity contribution in [3.05, 3.63) is 60.7 Å². The molecule has 3 N–H and O–H groups in total. The van der Waals surface area contributed by atoms with E-state index in [1.54, 1.807) is 24.3 Å². The van der Waals surface area contributed by atoms with Crippen LogP contribution in [0.3, 0.4) is 0 Å². The van der Waals surface area contributed by atoms with Crippen LogP contribution in [0, 0.1) is 0 Å². The Morgan fingerprint density at radius 1 is 0.606 bits per heavy atom. The molecule has 33 heavy (non-hydrogen) atoms. The van der Waals surface area contributed by atoms with Crippen molar-refractivity contribution < 1.29 is 95.3 Å². The van der Waals surface area contributed by atoms with Crippen LogP contribution in [0.2, 0.25) is 0 Å². The minimum Gasteiger partial charge on any atom is -0.744 e. The Morgan fingerprint density at radius 2 is 0.970 bits per heavy atom. The van der Waals surface area contributed by atoms with Crippen LogP contribution in [-0.4, -0.2) is 36.2 Å². The number of aromatic hydroxyl groups is 2. The van der Waals surface area contributed by atoms with E-state index in [2.05, 4.69) is 5.32 Å². The predicted molar refractivity (Wildman–Crippen MR) is 110 cm³/mol. The van der Waals surface area contributed by atoms with Gasteiger partial charge in [-0.1, -0.05) is 12.1 Å². The Balaban J connectivity index is 0.00000193. The minimum atomic E-state index is -4.72. The van der Waals surface area contributed by atoms with E-state index in [0.717, 1.165) is 24.3 Å². The summed E-state index contributed by atoms with van der Waals surface area (Å²) in [5.74, 6) is -0.754. The fraction of sp³-hybridized carbons (Fsp3) is 0. The molecule has 0 fully saturated rings. The molecule has 0 aliphatic heterocycles. The number of hydrogen-bond acceptors (Lipinski definition) is 9. The third-order valence-electron chi connectivity index (χ3n) is 4.68. The molecule has 0 amide bonds. The van der Waals surface area contributed by atoms with Gasteiger partial charge in [-0.2, -0.15) is 0 Å². The summed E-state index contributed by atoms with van der Waals surface area (Å²) in [7, 11) is -9.44. The summed E-state index contributed by atoms with van der Waals surface area (Å²) in [6.07, 6.45) is 0. The third kappa shape index (κ3) is 6.01. The van der Waals surface area contributed by atoms with Gasteiger partial charge in [0.25, 0.3) is 0 Å². The van der Waals surface area contributed by atoms with E-state index in [-0.39, 0.29) is 70.6 Å². The SMILES string of the molecule is O=S(=O)([O-])c1cc(O)c2cc(Nc3ccc4cc(S(=O)(=O)[O-])cc(O)c4c3)ccc2c1.[Na+].[Na+]. The molecule has 0 saturated heterocycles. The van der Waals surface area contributed by atoms with Gasteiger partial charge in [-0.3, -0.25) is 0 Å². The van der Waals surface area contributed by atoms with Gasteiger partial charge in [-0.15, -0.1) is 0 Å². The zero-order valence-electron chi connectivity index (χ0n) is 17.4. The molecule has 0 aromatic heterocycles. The number of phenols is 2. The van der Waals surface area contributed by atoms with Crippen molar-refractivity contribution in [1.29, 1.82) is 0 Å². The second-order valence-electron chi connectivity index (χ2n) is 6.79. The van der Waals surface area contributed by atoms with Crippen molar-refractivity contribution in [3.63, 3.8) is 0 Å². The first-order valence-electron chi connectivity index (χ1n) is 8.64. The smallest absolute Gasteiger partial charge is 0.744 e. The molecular formula is C20H13NNa2O8S2. The molecule has 0 spiro atoms. The van der Waals surface area contributed by atoms with Crippen LogP contribution in [-0.2, 0) is 20.2 Å². The van der Waals surface area contributed by atoms with Gasteiger partial charge in [0.1, 0.15) is 31.7 Å². The van der Waals surface area contributed by atoms with E-state index < -0.39 is 30.0 Å². The first-order chi connectivity index (χ1) is 14.4. The van der Waals surface area contributed by atoms with Gasteiger partial charge < -0.3 is 24.6 Å². The summed E-state index contributed by atoms with van der Waals surface area (Å²) in [5.41, 5.74) is 1.02. The Kier molecular flexibility index (Phi) is 8.51. The van der Waals surface area contributed by atoms with Crippen LogP contribution in [0.4, 0.5) is 11.4 Å². The summed E-state index contributed by atoms with van der Waals surface area (Å²) in [6.45, 7) is 0. The van der Waals surface area contributed by atoms with Gasteiger partial charge in [0, 0.05) is 22.1 Å². The van der Waals surface area contributed by atoms with Crippen molar-refractivity contribution in [1.82, 2.24) is 0 Å². The molecule has 0 saturated carbocycles. The third-order valence-corrected chi connectivity index (χ3v) is 6.30. The zero-order chi connectivity index (χ0) is 22.6. The van der Waals surface area contributed by atoms with Crippen molar-refractivity contribution in [2.45, 2.75) is 9.79 Å². The van der Waals surface area contributed by atoms with E-state index in [1.807, 2.05) is 0 Å². The fourth-order valence-corrected chi connectivity index (χ4v) is 4.29. The van der Waals surface area contributed by atoms with E-state index in [0.29, 0.717) is 32.9 Å². The summed E-state index contributed by atoms with van der Waals surface area (Å²) in [4.78, 5) is -1.08. The molecule has 4 aromatic carbocycles. The van der Waals surface area contributed by atoms with E-state index in [1.165, 1.54) is 12.1 Å². The molecule has 4 aromatic rings. The van der Waals surface area contributed by atoms with Crippen LogP contribution in [0.25, 0.3) is 21.5 Å². The molecule has 9 nitrogen and oxygen atoms in total. The van der Waals surface area contributed by atoms with Gasteiger partial charge >= 0.3 is 59.1 Å². The average molecular weight is 505 g/mol. The number of nitrogens with one attached hydrogen (secondary N) is 1. The minimum absolute atomic E-state index is 0. The van der Waals surface area contributed by atoms with Crippen LogP contribution < -0.4 is 64.4 Å². The molecule has 0 unspecified atom stereocenters. The summed E-state index contributed by atoms with van der Waals surface area (Å²) < 4.78 is 67.2. The summed E-state index contributed by atoms with van der Waals surface area (Å²) >= 11 is 0. The normalized spacial score (nSPS) is 11.6. The first kappa shape index (κ1) is 27.9. The van der Waals surface area contributed by atoms with E-state index in [9.17, 15) is 36.2 Å². The van der Waals surface area contributed by atoms with E-state index >= 15 is 0 Å². The van der Waals surface area contributed by atoms with Gasteiger partial charge in [0.15, 0.2) is 0 Å². The standard InChI is InChI=1S/C20H15NO8S2.2Na/c22-19-9-15(30(24,25)26)5-11-1-3-13(7-17(11)19)21-14-4-2-12-6-16(31(27,28)29)10-20(23)18(12)8-14;;/h1-10,21-23H,(H,24,25,26)(H,27,28,29);;/q;2*+1/p-2. The molecule has 160 valence electrons. The van der Waals surface area contributed by atoms with Crippen LogP contribution in [0.5, 0.6) is 11.5 Å². The zero-order valence-corrected chi connectivity index (χ0v) is 23.1. The first-order valence-corrected chi connectivity index (χ1v) is 11.5. The van der Waals surface area contributed by atoms with Crippen LogP contribution in [0.15, 0.2) is 70.5 Å². The Bertz CT molecular complexity index is 1470. The van der Waals surface area contributed by atoms with E-state index in [4.69, 9.17) is 0 Å². The number of fused-ring (bicyclic) bond motifs is 2. The molecule has 13 heteroatoms. The molecule has 0 aliphatic rings. The van der Waals surface area contributed by atoms with Crippen molar-refractivity contribution in [2.75, 3.05) is 5.32 Å². The topological polar surface area (TPSA) is 167 Å². The number of benzene rings is 4. The van der Waals surface area contributed by atoms with Crippen molar-refractivity contribution in [3.8, 4) is 11.5 Å². The van der Waals surface area contributed by atoms with Gasteiger partial charge in [0.2, 0.25) is 0 Å². The monoisotopic (exact) mass is 505 g/mol.